The van der Waals surface area contributed by atoms with Crippen molar-refractivity contribution in [3.8, 4) is 0 Å². The zero-order valence-corrected chi connectivity index (χ0v) is 13.9. The van der Waals surface area contributed by atoms with E-state index in [1.807, 2.05) is 4.90 Å². The van der Waals surface area contributed by atoms with Crippen LogP contribution in [0.5, 0.6) is 0 Å². The van der Waals surface area contributed by atoms with Crippen LogP contribution in [0.2, 0.25) is 0 Å². The summed E-state index contributed by atoms with van der Waals surface area (Å²) in [4.78, 5) is 15.3. The number of hydrogen-bond acceptors (Lipinski definition) is 2. The molecule has 0 aromatic carbocycles. The number of amides is 1. The van der Waals surface area contributed by atoms with Gasteiger partial charge >= 0.3 is 0 Å². The molecule has 1 aliphatic carbocycles. The highest BCUT2D eigenvalue weighted by Gasteiger charge is 2.49. The first kappa shape index (κ1) is 15.7. The minimum absolute atomic E-state index is 0.200. The average molecular weight is 296 g/mol. The normalized spacial score (nSPS) is 26.6. The Labute approximate surface area is 128 Å². The van der Waals surface area contributed by atoms with Gasteiger partial charge in [0.15, 0.2) is 0 Å². The Hall–Kier alpha value is -0.640. The average Bonchev–Trinajstić information content (AvgIpc) is 2.50. The molecule has 0 spiro atoms. The molecule has 2 rings (SSSR count). The van der Waals surface area contributed by atoms with E-state index >= 15 is 0 Å². The van der Waals surface area contributed by atoms with E-state index < -0.39 is 5.41 Å². The van der Waals surface area contributed by atoms with Gasteiger partial charge in [-0.1, -0.05) is 39.4 Å². The Morgan fingerprint density at radius 2 is 1.85 bits per heavy atom. The van der Waals surface area contributed by atoms with Crippen molar-refractivity contribution in [1.82, 2.24) is 4.90 Å². The molecule has 0 aromatic rings. The van der Waals surface area contributed by atoms with Crippen LogP contribution in [-0.4, -0.2) is 28.9 Å². The molecule has 3 nitrogen and oxygen atoms in total. The summed E-state index contributed by atoms with van der Waals surface area (Å²) in [7, 11) is 0. The predicted octanol–water partition coefficient (Wildman–Crippen LogP) is 3.12. The fourth-order valence-electron chi connectivity index (χ4n) is 3.56. The van der Waals surface area contributed by atoms with Crippen molar-refractivity contribution in [3.63, 3.8) is 0 Å². The van der Waals surface area contributed by atoms with Crippen LogP contribution in [0.4, 0.5) is 0 Å². The molecule has 1 amide bonds. The maximum Gasteiger partial charge on any atom is 0.235 e. The van der Waals surface area contributed by atoms with Crippen molar-refractivity contribution in [1.29, 1.82) is 0 Å². The van der Waals surface area contributed by atoms with Crippen LogP contribution in [0.3, 0.4) is 0 Å². The Morgan fingerprint density at radius 1 is 1.20 bits per heavy atom. The van der Waals surface area contributed by atoms with Gasteiger partial charge in [0.25, 0.3) is 0 Å². The van der Waals surface area contributed by atoms with Crippen LogP contribution in [0.15, 0.2) is 0 Å². The molecule has 1 aliphatic heterocycles. The fourth-order valence-corrected chi connectivity index (χ4v) is 3.86. The summed E-state index contributed by atoms with van der Waals surface area (Å²) in [5.74, 6) is 0.897. The number of carbonyl (C=O) groups is 1. The van der Waals surface area contributed by atoms with E-state index in [9.17, 15) is 4.79 Å². The van der Waals surface area contributed by atoms with E-state index in [4.69, 9.17) is 18.0 Å². The Bertz CT molecular complexity index is 396. The molecule has 0 aromatic heterocycles. The van der Waals surface area contributed by atoms with Crippen molar-refractivity contribution in [3.05, 3.63) is 0 Å². The van der Waals surface area contributed by atoms with Crippen LogP contribution >= 0.6 is 12.2 Å². The van der Waals surface area contributed by atoms with Crippen molar-refractivity contribution < 1.29 is 4.79 Å². The summed E-state index contributed by atoms with van der Waals surface area (Å²) in [6.45, 7) is 8.65. The van der Waals surface area contributed by atoms with Gasteiger partial charge in [-0.2, -0.15) is 0 Å². The third-order valence-corrected chi connectivity index (χ3v) is 5.72. The second-order valence-electron chi connectivity index (χ2n) is 7.59. The Morgan fingerprint density at radius 3 is 2.30 bits per heavy atom. The quantitative estimate of drug-likeness (QED) is 0.796. The van der Waals surface area contributed by atoms with Gasteiger partial charge in [-0.25, -0.2) is 0 Å². The predicted molar refractivity (Wildman–Crippen MR) is 86.4 cm³/mol. The first-order valence-corrected chi connectivity index (χ1v) is 8.27. The van der Waals surface area contributed by atoms with E-state index in [0.29, 0.717) is 16.3 Å². The van der Waals surface area contributed by atoms with Crippen molar-refractivity contribution in [2.75, 3.05) is 13.1 Å². The number of carbonyl (C=O) groups excluding carboxylic acids is 1. The molecule has 1 atom stereocenters. The lowest BCUT2D eigenvalue weighted by molar-refractivity contribution is -0.142. The summed E-state index contributed by atoms with van der Waals surface area (Å²) in [6.07, 6.45) is 6.18. The molecule has 1 heterocycles. The Balaban J connectivity index is 2.04. The molecule has 2 fully saturated rings. The molecule has 1 saturated carbocycles. The zero-order chi connectivity index (χ0) is 15.0. The molecule has 2 aliphatic rings. The number of thiocarbonyl (C=S) groups is 1. The van der Waals surface area contributed by atoms with Gasteiger partial charge in [-0.15, -0.1) is 0 Å². The smallest absolute Gasteiger partial charge is 0.235 e. The van der Waals surface area contributed by atoms with Gasteiger partial charge in [-0.05, 0) is 43.4 Å². The van der Waals surface area contributed by atoms with Crippen LogP contribution in [0, 0.1) is 16.7 Å². The summed E-state index contributed by atoms with van der Waals surface area (Å²) >= 11 is 5.17. The Kier molecular flexibility index (Phi) is 4.43. The number of likely N-dealkylation sites (tertiary alicyclic amines) is 1. The van der Waals surface area contributed by atoms with Crippen LogP contribution in [0.1, 0.15) is 59.3 Å². The van der Waals surface area contributed by atoms with E-state index in [1.165, 1.54) is 6.42 Å². The van der Waals surface area contributed by atoms with Gasteiger partial charge in [-0.3, -0.25) is 4.79 Å². The first-order chi connectivity index (χ1) is 9.27. The molecule has 20 heavy (non-hydrogen) atoms. The number of hydrogen-bond donors (Lipinski definition) is 1. The lowest BCUT2D eigenvalue weighted by Gasteiger charge is -2.42. The van der Waals surface area contributed by atoms with Crippen LogP contribution < -0.4 is 5.73 Å². The molecule has 1 saturated heterocycles. The summed E-state index contributed by atoms with van der Waals surface area (Å²) < 4.78 is 0. The highest BCUT2D eigenvalue weighted by Crippen LogP contribution is 2.44. The zero-order valence-electron chi connectivity index (χ0n) is 13.1. The van der Waals surface area contributed by atoms with Gasteiger partial charge in [0, 0.05) is 13.1 Å². The maximum atomic E-state index is 12.8. The molecule has 0 bridgehead atoms. The largest absolute Gasteiger partial charge is 0.392 e. The maximum absolute atomic E-state index is 12.8. The third-order valence-electron chi connectivity index (χ3n) is 5.33. The fraction of sp³-hybridized carbons (Fsp3) is 0.875. The molecule has 114 valence electrons. The van der Waals surface area contributed by atoms with Crippen molar-refractivity contribution in [2.45, 2.75) is 59.3 Å². The van der Waals surface area contributed by atoms with Crippen LogP contribution in [0.25, 0.3) is 0 Å². The van der Waals surface area contributed by atoms with Crippen molar-refractivity contribution >= 4 is 23.1 Å². The van der Waals surface area contributed by atoms with Gasteiger partial charge in [0.05, 0.1) is 10.4 Å². The molecule has 4 heteroatoms. The van der Waals surface area contributed by atoms with Gasteiger partial charge < -0.3 is 10.6 Å². The first-order valence-electron chi connectivity index (χ1n) is 7.87. The standard InChI is InChI=1S/C16H28N2OS/c1-15(2,3)12-6-4-10-18(11-7-12)14(19)16(13(17)20)8-5-9-16/h12H,4-11H2,1-3H3,(H2,17,20). The van der Waals surface area contributed by atoms with Gasteiger partial charge in [0.1, 0.15) is 0 Å². The van der Waals surface area contributed by atoms with Crippen molar-refractivity contribution in [2.24, 2.45) is 22.5 Å². The van der Waals surface area contributed by atoms with Crippen LogP contribution in [-0.2, 0) is 4.79 Å². The highest BCUT2D eigenvalue weighted by molar-refractivity contribution is 7.80. The minimum atomic E-state index is -0.503. The SMILES string of the molecule is CC(C)(C)C1CCCN(C(=O)C2(C(N)=S)CCC2)CC1. The van der Waals surface area contributed by atoms with Gasteiger partial charge in [0.2, 0.25) is 5.91 Å². The molecule has 1 unspecified atom stereocenters. The lowest BCUT2D eigenvalue weighted by atomic mass is 9.67. The number of nitrogens with two attached hydrogens (primary N) is 1. The molecular formula is C16H28N2OS. The van der Waals surface area contributed by atoms with E-state index in [1.54, 1.807) is 0 Å². The summed E-state index contributed by atoms with van der Waals surface area (Å²) in [6, 6.07) is 0. The second kappa shape index (κ2) is 5.63. The topological polar surface area (TPSA) is 46.3 Å². The second-order valence-corrected chi connectivity index (χ2v) is 8.03. The van der Waals surface area contributed by atoms with E-state index in [-0.39, 0.29) is 5.91 Å². The minimum Gasteiger partial charge on any atom is -0.392 e. The lowest BCUT2D eigenvalue weighted by Crippen LogP contribution is -2.54. The highest BCUT2D eigenvalue weighted by atomic mass is 32.1. The summed E-state index contributed by atoms with van der Waals surface area (Å²) in [5.41, 5.74) is 5.69. The van der Waals surface area contributed by atoms with E-state index in [0.717, 1.165) is 45.2 Å². The number of nitrogens with zero attached hydrogens (tertiary/aromatic N) is 1. The third kappa shape index (κ3) is 2.85. The molecular weight excluding hydrogens is 268 g/mol. The molecule has 2 N–H and O–H groups in total. The van der Waals surface area contributed by atoms with E-state index in [2.05, 4.69) is 20.8 Å². The monoisotopic (exact) mass is 296 g/mol. The number of rotatable bonds is 2. The molecule has 0 radical (unpaired) electrons. The summed E-state index contributed by atoms with van der Waals surface area (Å²) in [5, 5.41) is 0.